The quantitative estimate of drug-likeness (QED) is 0.767. The highest BCUT2D eigenvalue weighted by Crippen LogP contribution is 2.34. The van der Waals surface area contributed by atoms with Crippen LogP contribution in [0.5, 0.6) is 5.75 Å². The van der Waals surface area contributed by atoms with Crippen LogP contribution in [0.15, 0.2) is 23.1 Å². The average molecular weight is 260 g/mol. The van der Waals surface area contributed by atoms with Gasteiger partial charge in [0.1, 0.15) is 0 Å². The standard InChI is InChI=1S/C7H4ClF3O3S/c8-4-2-1-3-5(15(12)13)6(4)14-7(9,10)11/h1-3H,(H,12,13)/p-1. The molecule has 0 aliphatic heterocycles. The van der Waals surface area contributed by atoms with Crippen molar-refractivity contribution in [2.75, 3.05) is 0 Å². The van der Waals surface area contributed by atoms with Gasteiger partial charge in [-0.1, -0.05) is 17.7 Å². The van der Waals surface area contributed by atoms with Gasteiger partial charge in [-0.2, -0.15) is 0 Å². The maximum Gasteiger partial charge on any atom is 0.573 e. The molecule has 15 heavy (non-hydrogen) atoms. The zero-order valence-electron chi connectivity index (χ0n) is 6.88. The Labute approximate surface area is 90.1 Å². The van der Waals surface area contributed by atoms with E-state index < -0.39 is 33.1 Å². The van der Waals surface area contributed by atoms with E-state index in [1.54, 1.807) is 0 Å². The summed E-state index contributed by atoms with van der Waals surface area (Å²) in [6.45, 7) is 0. The molecule has 0 bridgehead atoms. The van der Waals surface area contributed by atoms with Gasteiger partial charge in [-0.05, 0) is 23.2 Å². The molecule has 0 radical (unpaired) electrons. The van der Waals surface area contributed by atoms with Crippen molar-refractivity contribution < 1.29 is 26.7 Å². The number of para-hydroxylation sites is 1. The lowest BCUT2D eigenvalue weighted by atomic mass is 10.3. The summed E-state index contributed by atoms with van der Waals surface area (Å²) in [5.41, 5.74) is 0. The van der Waals surface area contributed by atoms with E-state index in [4.69, 9.17) is 11.6 Å². The summed E-state index contributed by atoms with van der Waals surface area (Å²) < 4.78 is 60.3. The Morgan fingerprint density at radius 2 is 2.00 bits per heavy atom. The molecule has 0 N–H and O–H groups in total. The number of hydrogen-bond donors (Lipinski definition) is 0. The number of ether oxygens (including phenoxy) is 1. The van der Waals surface area contributed by atoms with Crippen molar-refractivity contribution in [1.82, 2.24) is 0 Å². The van der Waals surface area contributed by atoms with Crippen molar-refractivity contribution in [2.45, 2.75) is 11.3 Å². The third-order valence-corrected chi connectivity index (χ3v) is 2.31. The van der Waals surface area contributed by atoms with Gasteiger partial charge in [-0.15, -0.1) is 13.2 Å². The van der Waals surface area contributed by atoms with Gasteiger partial charge in [0.05, 0.1) is 9.92 Å². The van der Waals surface area contributed by atoms with Crippen molar-refractivity contribution in [3.63, 3.8) is 0 Å². The fourth-order valence-electron chi connectivity index (χ4n) is 0.835. The minimum Gasteiger partial charge on any atom is -0.768 e. The molecule has 1 aromatic rings. The van der Waals surface area contributed by atoms with Crippen LogP contribution in [0.2, 0.25) is 5.02 Å². The molecule has 8 heteroatoms. The fourth-order valence-corrected chi connectivity index (χ4v) is 1.60. The topological polar surface area (TPSA) is 49.4 Å². The van der Waals surface area contributed by atoms with Gasteiger partial charge in [0, 0.05) is 0 Å². The van der Waals surface area contributed by atoms with Crippen LogP contribution in [0, 0.1) is 0 Å². The van der Waals surface area contributed by atoms with Crippen LogP contribution in [0.25, 0.3) is 0 Å². The molecule has 3 nitrogen and oxygen atoms in total. The van der Waals surface area contributed by atoms with Crippen LogP contribution >= 0.6 is 11.6 Å². The molecule has 1 rings (SSSR count). The maximum atomic E-state index is 11.9. The lowest BCUT2D eigenvalue weighted by molar-refractivity contribution is -0.275. The molecule has 0 amide bonds. The number of benzene rings is 1. The Morgan fingerprint density at radius 3 is 2.47 bits per heavy atom. The Hall–Kier alpha value is -0.790. The molecule has 0 aliphatic rings. The lowest BCUT2D eigenvalue weighted by Gasteiger charge is -2.15. The zero-order valence-corrected chi connectivity index (χ0v) is 8.45. The van der Waals surface area contributed by atoms with Crippen LogP contribution in [0.1, 0.15) is 0 Å². The maximum absolute atomic E-state index is 11.9. The van der Waals surface area contributed by atoms with Gasteiger partial charge in [0.15, 0.2) is 5.75 Å². The molecule has 0 aromatic heterocycles. The van der Waals surface area contributed by atoms with Gasteiger partial charge in [-0.25, -0.2) is 0 Å². The van der Waals surface area contributed by atoms with Crippen LogP contribution < -0.4 is 4.74 Å². The second-order valence-electron chi connectivity index (χ2n) is 2.35. The zero-order chi connectivity index (χ0) is 11.6. The highest BCUT2D eigenvalue weighted by Gasteiger charge is 2.33. The monoisotopic (exact) mass is 259 g/mol. The van der Waals surface area contributed by atoms with Gasteiger partial charge in [-0.3, -0.25) is 4.21 Å². The van der Waals surface area contributed by atoms with Gasteiger partial charge in [0.25, 0.3) is 0 Å². The second kappa shape index (κ2) is 4.38. The number of alkyl halides is 3. The molecule has 0 aliphatic carbocycles. The van der Waals surface area contributed by atoms with E-state index >= 15 is 0 Å². The van der Waals surface area contributed by atoms with Crippen molar-refractivity contribution in [3.05, 3.63) is 23.2 Å². The fraction of sp³-hybridized carbons (Fsp3) is 0.143. The van der Waals surface area contributed by atoms with E-state index in [9.17, 15) is 21.9 Å². The first-order chi connectivity index (χ1) is 6.81. The van der Waals surface area contributed by atoms with Crippen molar-refractivity contribution in [2.24, 2.45) is 0 Å². The highest BCUT2D eigenvalue weighted by atomic mass is 35.5. The van der Waals surface area contributed by atoms with E-state index in [0.717, 1.165) is 12.1 Å². The molecule has 0 saturated carbocycles. The normalized spacial score (nSPS) is 13.7. The van der Waals surface area contributed by atoms with E-state index in [1.165, 1.54) is 6.07 Å². The molecule has 1 unspecified atom stereocenters. The molecule has 0 saturated heterocycles. The average Bonchev–Trinajstić information content (AvgIpc) is 2.05. The smallest absolute Gasteiger partial charge is 0.573 e. The van der Waals surface area contributed by atoms with Crippen LogP contribution in [-0.4, -0.2) is 15.1 Å². The minimum atomic E-state index is -4.99. The van der Waals surface area contributed by atoms with Crippen molar-refractivity contribution >= 4 is 22.7 Å². The SMILES string of the molecule is O=S([O-])c1cccc(Cl)c1OC(F)(F)F. The summed E-state index contributed by atoms with van der Waals surface area (Å²) >= 11 is 2.54. The van der Waals surface area contributed by atoms with Gasteiger partial charge >= 0.3 is 6.36 Å². The van der Waals surface area contributed by atoms with Gasteiger partial charge in [0.2, 0.25) is 0 Å². The Bertz CT molecular complexity index is 394. The first-order valence-electron chi connectivity index (χ1n) is 3.45. The largest absolute Gasteiger partial charge is 0.768 e. The molecule has 0 spiro atoms. The number of halogens is 4. The van der Waals surface area contributed by atoms with Crippen molar-refractivity contribution in [3.8, 4) is 5.75 Å². The summed E-state index contributed by atoms with van der Waals surface area (Å²) in [6, 6.07) is 3.26. The number of hydrogen-bond acceptors (Lipinski definition) is 3. The third-order valence-electron chi connectivity index (χ3n) is 1.33. The molecular formula is C7H3ClF3O3S-. The summed E-state index contributed by atoms with van der Waals surface area (Å²) in [6.07, 6.45) is -4.99. The summed E-state index contributed by atoms with van der Waals surface area (Å²) in [7, 11) is 0. The molecular weight excluding hydrogens is 257 g/mol. The predicted octanol–water partition coefficient (Wildman–Crippen LogP) is 2.48. The van der Waals surface area contributed by atoms with Crippen LogP contribution in [-0.2, 0) is 11.1 Å². The van der Waals surface area contributed by atoms with Crippen LogP contribution in [0.4, 0.5) is 13.2 Å². The summed E-state index contributed by atoms with van der Waals surface area (Å²) in [4.78, 5) is -0.639. The van der Waals surface area contributed by atoms with Crippen molar-refractivity contribution in [1.29, 1.82) is 0 Å². The lowest BCUT2D eigenvalue weighted by Crippen LogP contribution is -2.18. The molecule has 84 valence electrons. The van der Waals surface area contributed by atoms with Gasteiger partial charge < -0.3 is 9.29 Å². The first-order valence-corrected chi connectivity index (χ1v) is 4.90. The summed E-state index contributed by atoms with van der Waals surface area (Å²) in [5.74, 6) is -0.917. The Morgan fingerprint density at radius 1 is 1.40 bits per heavy atom. The highest BCUT2D eigenvalue weighted by molar-refractivity contribution is 7.79. The van der Waals surface area contributed by atoms with E-state index in [-0.39, 0.29) is 0 Å². The molecule has 0 heterocycles. The van der Waals surface area contributed by atoms with E-state index in [1.807, 2.05) is 0 Å². The van der Waals surface area contributed by atoms with Crippen LogP contribution in [0.3, 0.4) is 0 Å². The number of rotatable bonds is 2. The third kappa shape index (κ3) is 3.37. The Kier molecular flexibility index (Phi) is 3.58. The molecule has 0 fully saturated rings. The predicted molar refractivity (Wildman–Crippen MR) is 45.3 cm³/mol. The Balaban J connectivity index is 3.19. The first kappa shape index (κ1) is 12.3. The second-order valence-corrected chi connectivity index (χ2v) is 3.67. The minimum absolute atomic E-state index is 0.422. The van der Waals surface area contributed by atoms with E-state index in [2.05, 4.69) is 4.74 Å². The van der Waals surface area contributed by atoms with E-state index in [0.29, 0.717) is 0 Å². The molecule has 1 aromatic carbocycles. The summed E-state index contributed by atoms with van der Waals surface area (Å²) in [5, 5.41) is -0.422. The molecule has 1 atom stereocenters.